The lowest BCUT2D eigenvalue weighted by atomic mass is 9.87. The van der Waals surface area contributed by atoms with E-state index in [4.69, 9.17) is 14.7 Å². The van der Waals surface area contributed by atoms with Gasteiger partial charge in [-0.15, -0.1) is 0 Å². The van der Waals surface area contributed by atoms with Crippen LogP contribution >= 0.6 is 15.9 Å². The van der Waals surface area contributed by atoms with Crippen molar-refractivity contribution in [3.05, 3.63) is 63.6 Å². The summed E-state index contributed by atoms with van der Waals surface area (Å²) in [4.78, 5) is 17.0. The molecule has 31 heavy (non-hydrogen) atoms. The lowest BCUT2D eigenvalue weighted by Gasteiger charge is -2.16. The predicted octanol–water partition coefficient (Wildman–Crippen LogP) is 6.13. The smallest absolute Gasteiger partial charge is 0.163 e. The van der Waals surface area contributed by atoms with Crippen LogP contribution in [0.1, 0.15) is 50.5 Å². The first-order valence-corrected chi connectivity index (χ1v) is 11.4. The number of aromatic nitrogens is 4. The normalized spacial score (nSPS) is 17.0. The Balaban J connectivity index is 1.92. The average molecular weight is 479 g/mol. The first-order chi connectivity index (χ1) is 14.7. The second-order valence-electron chi connectivity index (χ2n) is 9.80. The molecule has 5 heterocycles. The molecule has 2 aliphatic heterocycles. The van der Waals surface area contributed by atoms with Crippen molar-refractivity contribution in [3.8, 4) is 5.75 Å². The van der Waals surface area contributed by atoms with Crippen LogP contribution in [0.2, 0.25) is 0 Å². The molecule has 2 aliphatic rings. The number of nitrogens with zero attached hydrogens (tertiary/aromatic N) is 2. The molecule has 0 unspecified atom stereocenters. The molecule has 0 aliphatic carbocycles. The summed E-state index contributed by atoms with van der Waals surface area (Å²) in [6.45, 7) is 8.92. The minimum Gasteiger partial charge on any atom is -0.493 e. The molecule has 160 valence electrons. The van der Waals surface area contributed by atoms with Gasteiger partial charge in [-0.25, -0.2) is 0 Å². The number of ether oxygens (including phenoxy) is 1. The molecule has 0 spiro atoms. The summed E-state index contributed by atoms with van der Waals surface area (Å²) in [6.07, 6.45) is 1.69. The van der Waals surface area contributed by atoms with Gasteiger partial charge in [0.05, 0.1) is 34.0 Å². The van der Waals surface area contributed by atoms with Crippen molar-refractivity contribution in [2.75, 3.05) is 7.11 Å². The predicted molar refractivity (Wildman–Crippen MR) is 129 cm³/mol. The molecule has 8 bridgehead atoms. The molecule has 0 fully saturated rings. The van der Waals surface area contributed by atoms with Crippen LogP contribution in [0.25, 0.3) is 22.1 Å². The number of fused-ring (bicyclic) bond motifs is 8. The zero-order valence-electron chi connectivity index (χ0n) is 18.6. The number of halogens is 1. The van der Waals surface area contributed by atoms with Gasteiger partial charge in [0.15, 0.2) is 5.75 Å². The number of nitrogens with one attached hydrogen (secondary N) is 2. The van der Waals surface area contributed by atoms with Crippen LogP contribution < -0.4 is 4.74 Å². The number of methoxy groups -OCH3 is 1. The maximum absolute atomic E-state index is 5.82. The summed E-state index contributed by atoms with van der Waals surface area (Å²) in [5, 5.41) is 0. The zero-order valence-corrected chi connectivity index (χ0v) is 20.1. The van der Waals surface area contributed by atoms with Gasteiger partial charge in [0.2, 0.25) is 0 Å². The highest BCUT2D eigenvalue weighted by Crippen LogP contribution is 2.37. The van der Waals surface area contributed by atoms with Crippen molar-refractivity contribution < 1.29 is 4.74 Å². The van der Waals surface area contributed by atoms with Crippen LogP contribution in [0, 0.1) is 0 Å². The fraction of sp³-hybridized carbons (Fsp3) is 0.360. The van der Waals surface area contributed by atoms with E-state index in [1.54, 1.807) is 7.11 Å². The second kappa shape index (κ2) is 6.95. The molecule has 0 saturated carbocycles. The van der Waals surface area contributed by atoms with E-state index in [9.17, 15) is 0 Å². The fourth-order valence-corrected chi connectivity index (χ4v) is 4.95. The van der Waals surface area contributed by atoms with E-state index < -0.39 is 0 Å². The number of aromatic amines is 2. The van der Waals surface area contributed by atoms with Crippen molar-refractivity contribution in [1.82, 2.24) is 19.9 Å². The molecular formula is C25H27BrN4O. The summed E-state index contributed by atoms with van der Waals surface area (Å²) >= 11 is 3.81. The minimum atomic E-state index is -0.0795. The van der Waals surface area contributed by atoms with Gasteiger partial charge in [0, 0.05) is 46.1 Å². The molecule has 0 radical (unpaired) electrons. The average Bonchev–Trinajstić information content (AvgIpc) is 3.45. The number of H-pyrrole nitrogens is 2. The van der Waals surface area contributed by atoms with Crippen LogP contribution in [0.4, 0.5) is 0 Å². The highest BCUT2D eigenvalue weighted by molar-refractivity contribution is 9.10. The Morgan fingerprint density at radius 1 is 0.806 bits per heavy atom. The maximum atomic E-state index is 5.82. The maximum Gasteiger partial charge on any atom is 0.163 e. The van der Waals surface area contributed by atoms with E-state index >= 15 is 0 Å². The van der Waals surface area contributed by atoms with Crippen molar-refractivity contribution in [2.24, 2.45) is 0 Å². The topological polar surface area (TPSA) is 66.6 Å². The SMILES string of the molecule is COc1c2nc(cc3ccc([nH]3)c(Br)c3nc(cc4ccc1[nH]4)C(C)(C)C3)C(C)(C)C2. The van der Waals surface area contributed by atoms with E-state index in [1.807, 2.05) is 0 Å². The van der Waals surface area contributed by atoms with Crippen LogP contribution in [0.5, 0.6) is 5.75 Å². The minimum absolute atomic E-state index is 0.0496. The lowest BCUT2D eigenvalue weighted by molar-refractivity contribution is 0.409. The van der Waals surface area contributed by atoms with Crippen LogP contribution in [-0.2, 0) is 23.7 Å². The van der Waals surface area contributed by atoms with E-state index in [-0.39, 0.29) is 10.8 Å². The molecule has 5 nitrogen and oxygen atoms in total. The van der Waals surface area contributed by atoms with E-state index in [0.29, 0.717) is 0 Å². The highest BCUT2D eigenvalue weighted by atomic mass is 79.9. The largest absolute Gasteiger partial charge is 0.493 e. The fourth-order valence-electron chi connectivity index (χ4n) is 4.49. The Kier molecular flexibility index (Phi) is 4.56. The molecule has 0 aromatic carbocycles. The Morgan fingerprint density at radius 3 is 1.94 bits per heavy atom. The van der Waals surface area contributed by atoms with Crippen molar-refractivity contribution in [2.45, 2.75) is 51.4 Å². The van der Waals surface area contributed by atoms with Gasteiger partial charge in [-0.05, 0) is 52.3 Å². The molecule has 0 amide bonds. The molecule has 5 rings (SSSR count). The van der Waals surface area contributed by atoms with Crippen LogP contribution in [-0.4, -0.2) is 27.0 Å². The number of rotatable bonds is 1. The summed E-state index contributed by atoms with van der Waals surface area (Å²) in [5.41, 5.74) is 8.01. The third-order valence-electron chi connectivity index (χ3n) is 6.32. The van der Waals surface area contributed by atoms with Gasteiger partial charge in [0.25, 0.3) is 0 Å². The first kappa shape index (κ1) is 20.3. The lowest BCUT2D eigenvalue weighted by Crippen LogP contribution is -2.15. The van der Waals surface area contributed by atoms with Gasteiger partial charge < -0.3 is 14.7 Å². The Hall–Kier alpha value is -2.60. The molecule has 3 aromatic rings. The van der Waals surface area contributed by atoms with E-state index in [0.717, 1.165) is 67.9 Å². The van der Waals surface area contributed by atoms with Gasteiger partial charge >= 0.3 is 0 Å². The summed E-state index contributed by atoms with van der Waals surface area (Å²) in [5.74, 6) is 0.798. The van der Waals surface area contributed by atoms with Crippen LogP contribution in [0.3, 0.4) is 0 Å². The first-order valence-electron chi connectivity index (χ1n) is 10.6. The van der Waals surface area contributed by atoms with Crippen molar-refractivity contribution in [1.29, 1.82) is 0 Å². The van der Waals surface area contributed by atoms with E-state index in [1.165, 1.54) is 0 Å². The number of hydrogen-bond acceptors (Lipinski definition) is 3. The molecular weight excluding hydrogens is 452 g/mol. The third-order valence-corrected chi connectivity index (χ3v) is 7.20. The van der Waals surface area contributed by atoms with Gasteiger partial charge in [-0.1, -0.05) is 27.7 Å². The van der Waals surface area contributed by atoms with E-state index in [2.05, 4.69) is 90.0 Å². The Bertz CT molecular complexity index is 1350. The van der Waals surface area contributed by atoms with Gasteiger partial charge in [0.1, 0.15) is 0 Å². The molecule has 6 heteroatoms. The molecule has 0 saturated heterocycles. The second-order valence-corrected chi connectivity index (χ2v) is 10.6. The highest BCUT2D eigenvalue weighted by Gasteiger charge is 2.32. The Morgan fingerprint density at radius 2 is 1.32 bits per heavy atom. The quantitative estimate of drug-likeness (QED) is 0.442. The molecule has 3 aromatic heterocycles. The summed E-state index contributed by atoms with van der Waals surface area (Å²) in [7, 11) is 1.71. The standard InChI is InChI=1S/C25H27BrN4O/c1-24(2)12-18-22(26)16-8-6-14(27-16)10-21-25(3,4)13-19(30-21)23(31-5)17-9-7-15(28-17)11-20(24)29-18/h6-11,27-28H,12-13H2,1-5H3. The zero-order chi connectivity index (χ0) is 22.0. The van der Waals surface area contributed by atoms with Gasteiger partial charge in [-0.3, -0.25) is 9.97 Å². The third kappa shape index (κ3) is 3.47. The summed E-state index contributed by atoms with van der Waals surface area (Å²) in [6, 6.07) is 12.6. The van der Waals surface area contributed by atoms with Crippen LogP contribution in [0.15, 0.2) is 40.9 Å². The van der Waals surface area contributed by atoms with Crippen molar-refractivity contribution >= 4 is 38.0 Å². The molecule has 2 N–H and O–H groups in total. The Labute approximate surface area is 190 Å². The monoisotopic (exact) mass is 478 g/mol. The van der Waals surface area contributed by atoms with Gasteiger partial charge in [-0.2, -0.15) is 0 Å². The van der Waals surface area contributed by atoms with Crippen molar-refractivity contribution in [3.63, 3.8) is 0 Å². The summed E-state index contributed by atoms with van der Waals surface area (Å²) < 4.78 is 6.84. The number of hydrogen-bond donors (Lipinski definition) is 2. The molecule has 0 atom stereocenters.